The molecule has 1 aliphatic carbocycles. The number of aromatic nitrogens is 2. The van der Waals surface area contributed by atoms with E-state index in [0.29, 0.717) is 12.8 Å². The van der Waals surface area contributed by atoms with E-state index in [2.05, 4.69) is 10.1 Å². The molecular formula is C17H16F3N3O3. The third-order valence-electron chi connectivity index (χ3n) is 5.22. The van der Waals surface area contributed by atoms with Crippen molar-refractivity contribution in [1.82, 2.24) is 10.1 Å². The third-order valence-corrected chi connectivity index (χ3v) is 5.22. The largest absolute Gasteiger partial charge is 0.417 e. The van der Waals surface area contributed by atoms with Gasteiger partial charge in [0.05, 0.1) is 23.1 Å². The Hall–Kier alpha value is -2.42. The number of hydrogen-bond acceptors (Lipinski definition) is 5. The van der Waals surface area contributed by atoms with Crippen LogP contribution >= 0.6 is 0 Å². The zero-order chi connectivity index (χ0) is 18.9. The second-order valence-electron chi connectivity index (χ2n) is 6.88. The van der Waals surface area contributed by atoms with Crippen molar-refractivity contribution < 1.29 is 27.6 Å². The Kier molecular flexibility index (Phi) is 3.46. The van der Waals surface area contributed by atoms with Crippen molar-refractivity contribution in [2.24, 2.45) is 5.41 Å². The molecule has 2 aliphatic rings. The van der Waals surface area contributed by atoms with Crippen molar-refractivity contribution in [2.75, 3.05) is 4.90 Å². The molecule has 2 heterocycles. The van der Waals surface area contributed by atoms with E-state index >= 15 is 0 Å². The van der Waals surface area contributed by atoms with Crippen LogP contribution in [0.3, 0.4) is 0 Å². The van der Waals surface area contributed by atoms with Gasteiger partial charge in [-0.2, -0.15) is 18.2 Å². The van der Waals surface area contributed by atoms with Gasteiger partial charge in [0.1, 0.15) is 0 Å². The summed E-state index contributed by atoms with van der Waals surface area (Å²) in [5, 5.41) is 13.9. The van der Waals surface area contributed by atoms with Gasteiger partial charge in [-0.3, -0.25) is 4.79 Å². The van der Waals surface area contributed by atoms with Crippen molar-refractivity contribution in [3.05, 3.63) is 29.7 Å². The van der Waals surface area contributed by atoms with Gasteiger partial charge in [-0.1, -0.05) is 5.16 Å². The number of benzene rings is 1. The van der Waals surface area contributed by atoms with E-state index in [1.165, 1.54) is 24.0 Å². The molecule has 6 nitrogen and oxygen atoms in total. The molecule has 1 saturated heterocycles. The topological polar surface area (TPSA) is 79.5 Å². The molecule has 2 fully saturated rings. The molecule has 1 spiro atoms. The molecular weight excluding hydrogens is 351 g/mol. The van der Waals surface area contributed by atoms with Crippen molar-refractivity contribution in [3.8, 4) is 11.4 Å². The summed E-state index contributed by atoms with van der Waals surface area (Å²) < 4.78 is 45.6. The maximum absolute atomic E-state index is 13.6. The first-order valence-corrected chi connectivity index (χ1v) is 8.19. The second-order valence-corrected chi connectivity index (χ2v) is 6.88. The van der Waals surface area contributed by atoms with E-state index < -0.39 is 29.3 Å². The van der Waals surface area contributed by atoms with E-state index in [1.807, 2.05) is 0 Å². The number of halogens is 3. The number of alkyl halides is 3. The number of rotatable bonds is 2. The van der Waals surface area contributed by atoms with E-state index in [-0.39, 0.29) is 28.9 Å². The molecule has 9 heteroatoms. The van der Waals surface area contributed by atoms with Gasteiger partial charge in [0.2, 0.25) is 17.6 Å². The second kappa shape index (κ2) is 5.29. The van der Waals surface area contributed by atoms with Gasteiger partial charge in [-0.05, 0) is 38.0 Å². The fourth-order valence-corrected chi connectivity index (χ4v) is 3.67. The van der Waals surface area contributed by atoms with Crippen molar-refractivity contribution in [3.63, 3.8) is 0 Å². The highest BCUT2D eigenvalue weighted by Crippen LogP contribution is 2.56. The number of aryl methyl sites for hydroxylation is 1. The Bertz CT molecular complexity index is 889. The van der Waals surface area contributed by atoms with Crippen LogP contribution in [0, 0.1) is 12.3 Å². The number of carbonyl (C=O) groups excluding carboxylic acids is 1. The Labute approximate surface area is 146 Å². The summed E-state index contributed by atoms with van der Waals surface area (Å²) in [6, 6.07) is 2.96. The molecule has 1 aromatic heterocycles. The van der Waals surface area contributed by atoms with Gasteiger partial charge < -0.3 is 14.5 Å². The van der Waals surface area contributed by atoms with Gasteiger partial charge in [0.25, 0.3) is 0 Å². The maximum atomic E-state index is 13.6. The van der Waals surface area contributed by atoms with Gasteiger partial charge in [0, 0.05) is 18.2 Å². The summed E-state index contributed by atoms with van der Waals surface area (Å²) in [5.41, 5.74) is -1.91. The molecule has 0 radical (unpaired) electrons. The molecule has 2 atom stereocenters. The zero-order valence-electron chi connectivity index (χ0n) is 14.0. The van der Waals surface area contributed by atoms with E-state index in [4.69, 9.17) is 4.52 Å². The van der Waals surface area contributed by atoms with E-state index in [0.717, 1.165) is 6.07 Å². The molecule has 0 bridgehead atoms. The lowest BCUT2D eigenvalue weighted by atomic mass is 9.99. The number of aliphatic hydroxyl groups is 1. The van der Waals surface area contributed by atoms with Crippen LogP contribution < -0.4 is 4.90 Å². The lowest BCUT2D eigenvalue weighted by molar-refractivity contribution is -0.137. The molecule has 1 amide bonds. The van der Waals surface area contributed by atoms with Crippen molar-refractivity contribution in [2.45, 2.75) is 45.0 Å². The minimum absolute atomic E-state index is 0.0987. The highest BCUT2D eigenvalue weighted by molar-refractivity contribution is 6.03. The predicted molar refractivity (Wildman–Crippen MR) is 84.1 cm³/mol. The monoisotopic (exact) mass is 367 g/mol. The van der Waals surface area contributed by atoms with Gasteiger partial charge in [-0.15, -0.1) is 0 Å². The Morgan fingerprint density at radius 3 is 2.54 bits per heavy atom. The van der Waals surface area contributed by atoms with Gasteiger partial charge in [0.15, 0.2) is 0 Å². The summed E-state index contributed by atoms with van der Waals surface area (Å²) in [4.78, 5) is 17.8. The maximum Gasteiger partial charge on any atom is 0.417 e. The summed E-state index contributed by atoms with van der Waals surface area (Å²) in [7, 11) is 0. The summed E-state index contributed by atoms with van der Waals surface area (Å²) in [6.07, 6.45) is -4.44. The average molecular weight is 367 g/mol. The minimum Gasteiger partial charge on any atom is -0.390 e. The molecule has 1 aliphatic heterocycles. The van der Waals surface area contributed by atoms with E-state index in [1.54, 1.807) is 6.92 Å². The minimum atomic E-state index is -4.66. The molecule has 1 aromatic carbocycles. The first-order valence-electron chi connectivity index (χ1n) is 8.19. The highest BCUT2D eigenvalue weighted by atomic mass is 19.4. The molecule has 1 saturated carbocycles. The summed E-state index contributed by atoms with van der Waals surface area (Å²) in [5.74, 6) is -0.339. The number of nitrogens with zero attached hydrogens (tertiary/aromatic N) is 3. The zero-order valence-corrected chi connectivity index (χ0v) is 14.0. The van der Waals surface area contributed by atoms with Crippen LogP contribution in [0.5, 0.6) is 0 Å². The molecule has 26 heavy (non-hydrogen) atoms. The fraction of sp³-hybridized carbons (Fsp3) is 0.471. The average Bonchev–Trinajstić information content (AvgIpc) is 3.24. The molecule has 2 aromatic rings. The highest BCUT2D eigenvalue weighted by Gasteiger charge is 2.65. The predicted octanol–water partition coefficient (Wildman–Crippen LogP) is 2.94. The SMILES string of the molecule is Cc1nc(-c2ccc(N3C(=O)C4(CC4)[C@@H](O)[C@@H]3C)cc2C(F)(F)F)no1. The quantitative estimate of drug-likeness (QED) is 0.883. The number of aliphatic hydroxyl groups excluding tert-OH is 1. The molecule has 4 rings (SSSR count). The molecule has 1 N–H and O–H groups in total. The Morgan fingerprint density at radius 2 is 2.04 bits per heavy atom. The summed E-state index contributed by atoms with van der Waals surface area (Å²) >= 11 is 0. The number of carbonyl (C=O) groups is 1. The molecule has 138 valence electrons. The van der Waals surface area contributed by atoms with Crippen LogP contribution in [0.25, 0.3) is 11.4 Å². The van der Waals surface area contributed by atoms with Gasteiger partial charge in [-0.25, -0.2) is 0 Å². The van der Waals surface area contributed by atoms with E-state index in [9.17, 15) is 23.1 Å². The normalized spacial score (nSPS) is 24.5. The van der Waals surface area contributed by atoms with Crippen molar-refractivity contribution >= 4 is 11.6 Å². The van der Waals surface area contributed by atoms with Crippen LogP contribution in [0.4, 0.5) is 18.9 Å². The number of anilines is 1. The lowest BCUT2D eigenvalue weighted by Gasteiger charge is -2.24. The fourth-order valence-electron chi connectivity index (χ4n) is 3.67. The van der Waals surface area contributed by atoms with Crippen LogP contribution in [-0.4, -0.2) is 33.3 Å². The Balaban J connectivity index is 1.81. The van der Waals surface area contributed by atoms with Crippen LogP contribution in [-0.2, 0) is 11.0 Å². The van der Waals surface area contributed by atoms with Crippen LogP contribution in [0.1, 0.15) is 31.2 Å². The Morgan fingerprint density at radius 1 is 1.35 bits per heavy atom. The molecule has 0 unspecified atom stereocenters. The van der Waals surface area contributed by atoms with Crippen LogP contribution in [0.2, 0.25) is 0 Å². The first kappa shape index (κ1) is 17.0. The lowest BCUT2D eigenvalue weighted by Crippen LogP contribution is -2.34. The first-order chi connectivity index (χ1) is 12.1. The van der Waals surface area contributed by atoms with Crippen LogP contribution in [0.15, 0.2) is 22.7 Å². The third kappa shape index (κ3) is 2.33. The van der Waals surface area contributed by atoms with Gasteiger partial charge >= 0.3 is 6.18 Å². The number of hydrogen-bond donors (Lipinski definition) is 1. The smallest absolute Gasteiger partial charge is 0.390 e. The van der Waals surface area contributed by atoms with Crippen molar-refractivity contribution in [1.29, 1.82) is 0 Å². The standard InChI is InChI=1S/C17H16F3N3O3/c1-8-13(24)16(5-6-16)15(25)23(8)10-3-4-11(12(7-10)17(18,19)20)14-21-9(2)26-22-14/h3-4,7-8,13,24H,5-6H2,1-2H3/t8-,13-/m0/s1. The summed E-state index contributed by atoms with van der Waals surface area (Å²) in [6.45, 7) is 3.12. The number of amides is 1.